The van der Waals surface area contributed by atoms with Crippen molar-refractivity contribution >= 4 is 0 Å². The zero-order valence-corrected chi connectivity index (χ0v) is 11.3. The van der Waals surface area contributed by atoms with E-state index in [4.69, 9.17) is 4.74 Å². The third kappa shape index (κ3) is 2.07. The minimum atomic E-state index is -2.20. The third-order valence-electron chi connectivity index (χ3n) is 3.67. The molecule has 0 spiro atoms. The van der Waals surface area contributed by atoms with Crippen molar-refractivity contribution in [3.63, 3.8) is 0 Å². The van der Waals surface area contributed by atoms with E-state index in [1.807, 2.05) is 0 Å². The Kier molecular flexibility index (Phi) is 3.05. The smallest absolute Gasteiger partial charge is 0.261 e. The number of ether oxygens (including phenoxy) is 1. The number of fused-ring (bicyclic) bond motifs is 1. The molecule has 2 atom stereocenters. The van der Waals surface area contributed by atoms with Crippen LogP contribution in [0.3, 0.4) is 0 Å². The van der Waals surface area contributed by atoms with E-state index in [1.54, 1.807) is 0 Å². The highest BCUT2D eigenvalue weighted by Crippen LogP contribution is 2.44. The molecular weight excluding hydrogens is 292 g/mol. The molecule has 0 saturated carbocycles. The van der Waals surface area contributed by atoms with Crippen LogP contribution in [0.4, 0.5) is 0 Å². The Bertz CT molecular complexity index is 743. The fraction of sp³-hybridized carbons (Fsp3) is 0.200. The zero-order valence-electron chi connectivity index (χ0n) is 11.3. The SMILES string of the molecule is Oc1cc(O)c2c(c1)OC(O)(c1ccc(O)c(O)c1)[C@H](O)C2. The van der Waals surface area contributed by atoms with Crippen molar-refractivity contribution in [1.29, 1.82) is 0 Å². The molecule has 7 heteroatoms. The molecular formula is C15H14O7. The Balaban J connectivity index is 2.09. The molecule has 22 heavy (non-hydrogen) atoms. The number of hydrogen-bond donors (Lipinski definition) is 6. The maximum Gasteiger partial charge on any atom is 0.261 e. The Morgan fingerprint density at radius 2 is 1.68 bits per heavy atom. The molecule has 6 N–H and O–H groups in total. The standard InChI is InChI=1S/C15H14O7/c16-8-4-11(18)9-6-14(20)15(21,22-13(9)5-8)7-1-2-10(17)12(19)3-7/h1-5,14,16-21H,6H2/t14-,15?/m1/s1. The molecule has 0 radical (unpaired) electrons. The van der Waals surface area contributed by atoms with Crippen LogP contribution in [0.15, 0.2) is 30.3 Å². The second kappa shape index (κ2) is 4.69. The van der Waals surface area contributed by atoms with Crippen LogP contribution in [0, 0.1) is 0 Å². The van der Waals surface area contributed by atoms with Gasteiger partial charge in [-0.05, 0) is 18.2 Å². The van der Waals surface area contributed by atoms with Gasteiger partial charge >= 0.3 is 0 Å². The van der Waals surface area contributed by atoms with Gasteiger partial charge in [0, 0.05) is 29.7 Å². The average Bonchev–Trinajstić information content (AvgIpc) is 2.44. The number of aromatic hydroxyl groups is 4. The van der Waals surface area contributed by atoms with Gasteiger partial charge in [-0.1, -0.05) is 0 Å². The number of rotatable bonds is 1. The second-order valence-electron chi connectivity index (χ2n) is 5.16. The molecule has 0 amide bonds. The zero-order chi connectivity index (χ0) is 16.1. The van der Waals surface area contributed by atoms with Crippen molar-refractivity contribution < 1.29 is 35.4 Å². The highest BCUT2D eigenvalue weighted by Gasteiger charge is 2.45. The number of phenolic OH excluding ortho intramolecular Hbond substituents is 4. The lowest BCUT2D eigenvalue weighted by Gasteiger charge is -2.38. The van der Waals surface area contributed by atoms with E-state index in [1.165, 1.54) is 12.1 Å². The Morgan fingerprint density at radius 3 is 2.36 bits per heavy atom. The number of benzene rings is 2. The van der Waals surface area contributed by atoms with Crippen molar-refractivity contribution in [2.24, 2.45) is 0 Å². The van der Waals surface area contributed by atoms with E-state index in [0.29, 0.717) is 0 Å². The molecule has 1 unspecified atom stereocenters. The largest absolute Gasteiger partial charge is 0.508 e. The molecule has 1 heterocycles. The van der Waals surface area contributed by atoms with Crippen molar-refractivity contribution in [1.82, 2.24) is 0 Å². The van der Waals surface area contributed by atoms with E-state index >= 15 is 0 Å². The van der Waals surface area contributed by atoms with E-state index < -0.39 is 17.6 Å². The summed E-state index contributed by atoms with van der Waals surface area (Å²) in [4.78, 5) is 0. The predicted octanol–water partition coefficient (Wildman–Crippen LogP) is 0.650. The molecule has 3 rings (SSSR count). The summed E-state index contributed by atoms with van der Waals surface area (Å²) in [5.41, 5.74) is 0.266. The van der Waals surface area contributed by atoms with Crippen molar-refractivity contribution in [3.8, 4) is 28.7 Å². The van der Waals surface area contributed by atoms with Crippen LogP contribution in [0.2, 0.25) is 0 Å². The van der Waals surface area contributed by atoms with Gasteiger partial charge < -0.3 is 35.4 Å². The second-order valence-corrected chi connectivity index (χ2v) is 5.16. The summed E-state index contributed by atoms with van der Waals surface area (Å²) in [7, 11) is 0. The van der Waals surface area contributed by atoms with Crippen LogP contribution < -0.4 is 4.74 Å². The van der Waals surface area contributed by atoms with Crippen LogP contribution in [-0.4, -0.2) is 36.7 Å². The van der Waals surface area contributed by atoms with Gasteiger partial charge in [0.2, 0.25) is 0 Å². The average molecular weight is 306 g/mol. The van der Waals surface area contributed by atoms with Crippen molar-refractivity contribution in [2.75, 3.05) is 0 Å². The summed E-state index contributed by atoms with van der Waals surface area (Å²) in [6.45, 7) is 0. The first-order valence-electron chi connectivity index (χ1n) is 6.48. The van der Waals surface area contributed by atoms with Crippen molar-refractivity contribution in [2.45, 2.75) is 18.3 Å². The summed E-state index contributed by atoms with van der Waals surface area (Å²) in [5.74, 6) is -3.57. The van der Waals surface area contributed by atoms with Crippen LogP contribution in [0.5, 0.6) is 28.7 Å². The highest BCUT2D eigenvalue weighted by atomic mass is 16.6. The van der Waals surface area contributed by atoms with Gasteiger partial charge in [0.25, 0.3) is 5.79 Å². The molecule has 116 valence electrons. The van der Waals surface area contributed by atoms with Gasteiger partial charge in [-0.25, -0.2) is 0 Å². The van der Waals surface area contributed by atoms with E-state index in [-0.39, 0.29) is 40.5 Å². The lowest BCUT2D eigenvalue weighted by atomic mass is 9.91. The Labute approximate surface area is 124 Å². The number of phenols is 4. The maximum absolute atomic E-state index is 10.6. The number of aliphatic hydroxyl groups excluding tert-OH is 1. The van der Waals surface area contributed by atoms with Gasteiger partial charge in [0.05, 0.1) is 0 Å². The first-order valence-corrected chi connectivity index (χ1v) is 6.48. The Hall–Kier alpha value is -2.64. The number of aliphatic hydroxyl groups is 2. The van der Waals surface area contributed by atoms with E-state index in [0.717, 1.165) is 18.2 Å². The Morgan fingerprint density at radius 1 is 0.955 bits per heavy atom. The van der Waals surface area contributed by atoms with E-state index in [9.17, 15) is 30.6 Å². The van der Waals surface area contributed by atoms with Crippen molar-refractivity contribution in [3.05, 3.63) is 41.5 Å². The predicted molar refractivity (Wildman–Crippen MR) is 73.8 cm³/mol. The number of hydrogen-bond acceptors (Lipinski definition) is 7. The van der Waals surface area contributed by atoms with Crippen LogP contribution in [-0.2, 0) is 12.2 Å². The molecule has 0 aromatic heterocycles. The summed E-state index contributed by atoms with van der Waals surface area (Å²) in [6.07, 6.45) is -1.56. The summed E-state index contributed by atoms with van der Waals surface area (Å²) in [6, 6.07) is 5.80. The van der Waals surface area contributed by atoms with E-state index in [2.05, 4.69) is 0 Å². The minimum Gasteiger partial charge on any atom is -0.508 e. The van der Waals surface area contributed by atoms with Gasteiger partial charge in [-0.3, -0.25) is 0 Å². The van der Waals surface area contributed by atoms with Crippen LogP contribution in [0.1, 0.15) is 11.1 Å². The van der Waals surface area contributed by atoms with Crippen LogP contribution in [0.25, 0.3) is 0 Å². The summed E-state index contributed by atoms with van der Waals surface area (Å²) >= 11 is 0. The molecule has 0 bridgehead atoms. The molecule has 1 aliphatic heterocycles. The first-order chi connectivity index (χ1) is 10.3. The lowest BCUT2D eigenvalue weighted by molar-refractivity contribution is -0.222. The minimum absolute atomic E-state index is 0.0119. The summed E-state index contributed by atoms with van der Waals surface area (Å²) < 4.78 is 5.37. The third-order valence-corrected chi connectivity index (χ3v) is 3.67. The summed E-state index contributed by atoms with van der Waals surface area (Å²) in [5, 5.41) is 58.9. The molecule has 0 fully saturated rings. The first kappa shape index (κ1) is 14.3. The topological polar surface area (TPSA) is 131 Å². The normalized spacial score (nSPS) is 23.6. The quantitative estimate of drug-likeness (QED) is 0.426. The lowest BCUT2D eigenvalue weighted by Crippen LogP contribution is -2.48. The molecule has 0 saturated heterocycles. The van der Waals surface area contributed by atoms with Gasteiger partial charge in [-0.15, -0.1) is 0 Å². The van der Waals surface area contributed by atoms with Crippen LogP contribution >= 0.6 is 0 Å². The fourth-order valence-electron chi connectivity index (χ4n) is 2.48. The monoisotopic (exact) mass is 306 g/mol. The highest BCUT2D eigenvalue weighted by molar-refractivity contribution is 5.52. The maximum atomic E-state index is 10.6. The van der Waals surface area contributed by atoms with Gasteiger partial charge in [0.15, 0.2) is 11.5 Å². The molecule has 0 aliphatic carbocycles. The molecule has 7 nitrogen and oxygen atoms in total. The van der Waals surface area contributed by atoms with Gasteiger partial charge in [0.1, 0.15) is 23.4 Å². The molecule has 2 aromatic carbocycles. The van der Waals surface area contributed by atoms with Gasteiger partial charge in [-0.2, -0.15) is 0 Å². The fourth-order valence-corrected chi connectivity index (χ4v) is 2.48. The molecule has 1 aliphatic rings. The molecule has 2 aromatic rings.